The number of fused-ring (bicyclic) bond motifs is 2. The van der Waals surface area contributed by atoms with Crippen LogP contribution in [0.15, 0.2) is 30.5 Å². The van der Waals surface area contributed by atoms with Gasteiger partial charge in [0.1, 0.15) is 11.6 Å². The Morgan fingerprint density at radius 3 is 2.83 bits per heavy atom. The van der Waals surface area contributed by atoms with Crippen molar-refractivity contribution in [3.8, 4) is 11.3 Å². The zero-order valence-electron chi connectivity index (χ0n) is 17.0. The van der Waals surface area contributed by atoms with Crippen molar-refractivity contribution < 1.29 is 4.79 Å². The molecule has 0 radical (unpaired) electrons. The van der Waals surface area contributed by atoms with E-state index in [1.165, 1.54) is 24.4 Å². The van der Waals surface area contributed by atoms with Crippen LogP contribution in [0.1, 0.15) is 37.2 Å². The van der Waals surface area contributed by atoms with Crippen LogP contribution in [0.5, 0.6) is 0 Å². The summed E-state index contributed by atoms with van der Waals surface area (Å²) >= 11 is 0. The average molecular weight is 390 g/mol. The number of aromatic nitrogens is 4. The van der Waals surface area contributed by atoms with Crippen LogP contribution >= 0.6 is 0 Å². The molecule has 0 aliphatic carbocycles. The van der Waals surface area contributed by atoms with E-state index in [1.807, 2.05) is 18.3 Å². The first-order valence-electron chi connectivity index (χ1n) is 10.7. The number of likely N-dealkylation sites (tertiary alicyclic amines) is 1. The molecule has 1 fully saturated rings. The van der Waals surface area contributed by atoms with Crippen molar-refractivity contribution in [2.45, 2.75) is 45.1 Å². The molecule has 2 aliphatic heterocycles. The molecule has 2 aromatic heterocycles. The Bertz CT molecular complexity index is 1050. The standard InChI is InChI=1S/C23H27N5O/c1-27-10-7-16(8-11-27)22(29)14-19-13-18-12-17(5-6-20(18)26-25-19)21-15-24-23-4-2-3-9-28(21)23/h5-6,12-13,15-16H,2-4,7-11,14H2,1H3. The normalized spacial score (nSPS) is 18.1. The van der Waals surface area contributed by atoms with Crippen molar-refractivity contribution in [2.75, 3.05) is 20.1 Å². The molecule has 0 atom stereocenters. The molecule has 0 bridgehead atoms. The maximum Gasteiger partial charge on any atom is 0.142 e. The van der Waals surface area contributed by atoms with Crippen molar-refractivity contribution in [3.63, 3.8) is 0 Å². The molecule has 3 aromatic rings. The van der Waals surface area contributed by atoms with Crippen molar-refractivity contribution in [1.29, 1.82) is 0 Å². The third kappa shape index (κ3) is 3.69. The lowest BCUT2D eigenvalue weighted by atomic mass is 9.90. The number of carbonyl (C=O) groups is 1. The third-order valence-corrected chi connectivity index (χ3v) is 6.43. The lowest BCUT2D eigenvalue weighted by Crippen LogP contribution is -2.34. The van der Waals surface area contributed by atoms with E-state index in [0.29, 0.717) is 12.2 Å². The number of benzene rings is 1. The molecule has 0 spiro atoms. The molecule has 4 heterocycles. The molecule has 5 rings (SSSR count). The van der Waals surface area contributed by atoms with Gasteiger partial charge in [-0.2, -0.15) is 10.2 Å². The molecule has 150 valence electrons. The van der Waals surface area contributed by atoms with Gasteiger partial charge < -0.3 is 9.47 Å². The molecule has 0 saturated carbocycles. The molecule has 0 amide bonds. The van der Waals surface area contributed by atoms with Gasteiger partial charge in [-0.25, -0.2) is 4.98 Å². The van der Waals surface area contributed by atoms with Crippen LogP contribution in [-0.4, -0.2) is 50.6 Å². The van der Waals surface area contributed by atoms with E-state index >= 15 is 0 Å². The molecular weight excluding hydrogens is 362 g/mol. The smallest absolute Gasteiger partial charge is 0.142 e. The molecule has 2 aliphatic rings. The van der Waals surface area contributed by atoms with Gasteiger partial charge in [0.05, 0.1) is 29.5 Å². The second-order valence-corrected chi connectivity index (χ2v) is 8.50. The number of rotatable bonds is 4. The highest BCUT2D eigenvalue weighted by Gasteiger charge is 2.24. The van der Waals surface area contributed by atoms with Crippen LogP contribution in [0.25, 0.3) is 22.2 Å². The summed E-state index contributed by atoms with van der Waals surface area (Å²) in [5.74, 6) is 1.64. The maximum absolute atomic E-state index is 12.7. The quantitative estimate of drug-likeness (QED) is 0.685. The predicted octanol–water partition coefficient (Wildman–Crippen LogP) is 3.28. The lowest BCUT2D eigenvalue weighted by Gasteiger charge is -2.27. The lowest BCUT2D eigenvalue weighted by molar-refractivity contribution is -0.123. The summed E-state index contributed by atoms with van der Waals surface area (Å²) in [7, 11) is 2.12. The van der Waals surface area contributed by atoms with E-state index in [9.17, 15) is 4.79 Å². The Balaban J connectivity index is 1.40. The van der Waals surface area contributed by atoms with Crippen molar-refractivity contribution in [1.82, 2.24) is 24.6 Å². The minimum atomic E-state index is 0.161. The molecule has 29 heavy (non-hydrogen) atoms. The minimum absolute atomic E-state index is 0.161. The fraction of sp³-hybridized carbons (Fsp3) is 0.478. The first-order chi connectivity index (χ1) is 14.2. The number of hydrogen-bond donors (Lipinski definition) is 0. The van der Waals surface area contributed by atoms with Gasteiger partial charge >= 0.3 is 0 Å². The number of piperidine rings is 1. The number of carbonyl (C=O) groups excluding carboxylic acids is 1. The summed E-state index contributed by atoms with van der Waals surface area (Å²) < 4.78 is 2.34. The van der Waals surface area contributed by atoms with Gasteiger partial charge in [0.25, 0.3) is 0 Å². The number of imidazole rings is 1. The van der Waals surface area contributed by atoms with Crippen LogP contribution in [0.3, 0.4) is 0 Å². The highest BCUT2D eigenvalue weighted by atomic mass is 16.1. The first-order valence-corrected chi connectivity index (χ1v) is 10.7. The molecule has 6 heteroatoms. The summed E-state index contributed by atoms with van der Waals surface area (Å²) in [4.78, 5) is 19.6. The number of Topliss-reactive ketones (excluding diaryl/α,β-unsaturated/α-hetero) is 1. The fourth-order valence-electron chi connectivity index (χ4n) is 4.63. The van der Waals surface area contributed by atoms with E-state index in [4.69, 9.17) is 0 Å². The third-order valence-electron chi connectivity index (χ3n) is 6.43. The Hall–Kier alpha value is -2.60. The van der Waals surface area contributed by atoms with Crippen molar-refractivity contribution in [2.24, 2.45) is 5.92 Å². The van der Waals surface area contributed by atoms with Crippen LogP contribution in [0.4, 0.5) is 0 Å². The Morgan fingerprint density at radius 2 is 1.97 bits per heavy atom. The number of aryl methyl sites for hydroxylation is 1. The second kappa shape index (κ2) is 7.67. The van der Waals surface area contributed by atoms with Gasteiger partial charge in [-0.3, -0.25) is 4.79 Å². The second-order valence-electron chi connectivity index (χ2n) is 8.50. The number of nitrogens with zero attached hydrogens (tertiary/aromatic N) is 5. The van der Waals surface area contributed by atoms with Gasteiger partial charge in [-0.05, 0) is 64.0 Å². The average Bonchev–Trinajstić information content (AvgIpc) is 3.18. The summed E-state index contributed by atoms with van der Waals surface area (Å²) in [5, 5.41) is 9.73. The van der Waals surface area contributed by atoms with Gasteiger partial charge in [-0.1, -0.05) is 6.07 Å². The Kier molecular flexibility index (Phi) is 4.87. The maximum atomic E-state index is 12.7. The van der Waals surface area contributed by atoms with E-state index in [2.05, 4.69) is 43.8 Å². The predicted molar refractivity (Wildman–Crippen MR) is 113 cm³/mol. The molecule has 0 unspecified atom stereocenters. The van der Waals surface area contributed by atoms with Crippen LogP contribution < -0.4 is 0 Å². The molecule has 0 N–H and O–H groups in total. The molecule has 1 aromatic carbocycles. The van der Waals surface area contributed by atoms with E-state index in [0.717, 1.165) is 61.1 Å². The minimum Gasteiger partial charge on any atom is -0.328 e. The van der Waals surface area contributed by atoms with E-state index in [-0.39, 0.29) is 5.92 Å². The van der Waals surface area contributed by atoms with Crippen molar-refractivity contribution in [3.05, 3.63) is 42.0 Å². The fourth-order valence-corrected chi connectivity index (χ4v) is 4.63. The molecule has 1 saturated heterocycles. The highest BCUT2D eigenvalue weighted by molar-refractivity contribution is 5.86. The monoisotopic (exact) mass is 389 g/mol. The zero-order chi connectivity index (χ0) is 19.8. The Morgan fingerprint density at radius 1 is 1.10 bits per heavy atom. The molecular formula is C23H27N5O. The van der Waals surface area contributed by atoms with Gasteiger partial charge in [0, 0.05) is 29.8 Å². The van der Waals surface area contributed by atoms with E-state index < -0.39 is 0 Å². The van der Waals surface area contributed by atoms with Gasteiger partial charge in [-0.15, -0.1) is 0 Å². The van der Waals surface area contributed by atoms with E-state index in [1.54, 1.807) is 0 Å². The first kappa shape index (κ1) is 18.4. The Labute approximate surface area is 171 Å². The molecule has 6 nitrogen and oxygen atoms in total. The van der Waals surface area contributed by atoms with Crippen molar-refractivity contribution >= 4 is 16.7 Å². The van der Waals surface area contributed by atoms with Gasteiger partial charge in [0.15, 0.2) is 0 Å². The summed E-state index contributed by atoms with van der Waals surface area (Å²) in [6, 6.07) is 8.31. The van der Waals surface area contributed by atoms with Gasteiger partial charge in [0.2, 0.25) is 0 Å². The topological polar surface area (TPSA) is 63.9 Å². The number of hydrogen-bond acceptors (Lipinski definition) is 5. The zero-order valence-corrected chi connectivity index (χ0v) is 17.0. The van der Waals surface area contributed by atoms with Crippen LogP contribution in [0, 0.1) is 5.92 Å². The summed E-state index contributed by atoms with van der Waals surface area (Å²) in [6.07, 6.45) is 7.75. The summed E-state index contributed by atoms with van der Waals surface area (Å²) in [6.45, 7) is 3.03. The number of ketones is 1. The SMILES string of the molecule is CN1CCC(C(=O)Cc2cc3cc(-c4cnc5n4CCCC5)ccc3nn2)CC1. The summed E-state index contributed by atoms with van der Waals surface area (Å²) in [5.41, 5.74) is 3.96. The highest BCUT2D eigenvalue weighted by Crippen LogP contribution is 2.28. The largest absolute Gasteiger partial charge is 0.328 e. The van der Waals surface area contributed by atoms with Crippen LogP contribution in [-0.2, 0) is 24.2 Å². The van der Waals surface area contributed by atoms with Crippen LogP contribution in [0.2, 0.25) is 0 Å².